The van der Waals surface area contributed by atoms with Gasteiger partial charge in [0.2, 0.25) is 0 Å². The van der Waals surface area contributed by atoms with Crippen LogP contribution in [0.4, 0.5) is 4.39 Å². The predicted octanol–water partition coefficient (Wildman–Crippen LogP) is 2.81. The minimum Gasteiger partial charge on any atom is -0.495 e. The van der Waals surface area contributed by atoms with Crippen LogP contribution in [-0.4, -0.2) is 24.9 Å². The number of aliphatic hydroxyl groups is 1. The summed E-state index contributed by atoms with van der Waals surface area (Å²) in [6, 6.07) is 2.96. The number of aliphatic hydroxyl groups excluding tert-OH is 1. The van der Waals surface area contributed by atoms with Crippen molar-refractivity contribution in [2.24, 2.45) is 0 Å². The van der Waals surface area contributed by atoms with Gasteiger partial charge in [-0.3, -0.25) is 0 Å². The maximum absolute atomic E-state index is 13.9. The van der Waals surface area contributed by atoms with Crippen LogP contribution in [-0.2, 0) is 4.74 Å². The van der Waals surface area contributed by atoms with Crippen LogP contribution in [0.5, 0.6) is 5.75 Å². The van der Waals surface area contributed by atoms with Crippen molar-refractivity contribution >= 4 is 15.9 Å². The highest BCUT2D eigenvalue weighted by Gasteiger charge is 2.28. The van der Waals surface area contributed by atoms with E-state index >= 15 is 0 Å². The van der Waals surface area contributed by atoms with Gasteiger partial charge in [0.1, 0.15) is 11.6 Å². The zero-order valence-electron chi connectivity index (χ0n) is 9.45. The summed E-state index contributed by atoms with van der Waals surface area (Å²) in [5.41, 5.74) is 0.376. The molecule has 17 heavy (non-hydrogen) atoms. The van der Waals surface area contributed by atoms with Crippen molar-refractivity contribution in [2.45, 2.75) is 25.0 Å². The number of methoxy groups -OCH3 is 1. The maximum atomic E-state index is 13.9. The molecule has 1 N–H and O–H groups in total. The minimum atomic E-state index is -0.453. The topological polar surface area (TPSA) is 38.7 Å². The van der Waals surface area contributed by atoms with Crippen LogP contribution in [0.25, 0.3) is 0 Å². The summed E-state index contributed by atoms with van der Waals surface area (Å²) < 4.78 is 25.3. The Kier molecular flexibility index (Phi) is 4.01. The molecular weight excluding hydrogens is 291 g/mol. The molecular formula is C12H14BrFO3. The van der Waals surface area contributed by atoms with Crippen molar-refractivity contribution in [1.29, 1.82) is 0 Å². The van der Waals surface area contributed by atoms with E-state index in [-0.39, 0.29) is 5.82 Å². The number of ether oxygens (including phenoxy) is 2. The van der Waals surface area contributed by atoms with Gasteiger partial charge < -0.3 is 14.6 Å². The van der Waals surface area contributed by atoms with Gasteiger partial charge in [-0.25, -0.2) is 4.39 Å². The van der Waals surface area contributed by atoms with E-state index in [2.05, 4.69) is 15.9 Å². The number of hydrogen-bond acceptors (Lipinski definition) is 3. The van der Waals surface area contributed by atoms with Crippen LogP contribution in [0.15, 0.2) is 16.6 Å². The molecule has 1 aromatic carbocycles. The molecule has 1 heterocycles. The molecule has 0 aliphatic carbocycles. The highest BCUT2D eigenvalue weighted by Crippen LogP contribution is 2.39. The molecule has 1 aliphatic rings. The lowest BCUT2D eigenvalue weighted by atomic mass is 9.98. The van der Waals surface area contributed by atoms with E-state index in [0.717, 1.165) is 0 Å². The minimum absolute atomic E-state index is 0.371. The monoisotopic (exact) mass is 304 g/mol. The fourth-order valence-corrected chi connectivity index (χ4v) is 2.54. The standard InChI is InChI=1S/C12H14BrFO3/c1-16-12-8(13)2-3-9(14)11(12)10-6-7(15)4-5-17-10/h2-3,7,10,15H,4-6H2,1H3. The summed E-state index contributed by atoms with van der Waals surface area (Å²) >= 11 is 3.31. The average molecular weight is 305 g/mol. The normalized spacial score (nSPS) is 24.7. The number of benzene rings is 1. The van der Waals surface area contributed by atoms with Gasteiger partial charge in [-0.05, 0) is 34.5 Å². The van der Waals surface area contributed by atoms with Gasteiger partial charge in [-0.2, -0.15) is 0 Å². The molecule has 0 saturated carbocycles. The van der Waals surface area contributed by atoms with E-state index in [1.807, 2.05) is 0 Å². The smallest absolute Gasteiger partial charge is 0.141 e. The first-order valence-corrected chi connectivity index (χ1v) is 6.24. The van der Waals surface area contributed by atoms with Gasteiger partial charge in [-0.15, -0.1) is 0 Å². The lowest BCUT2D eigenvalue weighted by molar-refractivity contribution is -0.0470. The summed E-state index contributed by atoms with van der Waals surface area (Å²) in [5, 5.41) is 9.61. The fraction of sp³-hybridized carbons (Fsp3) is 0.500. The van der Waals surface area contributed by atoms with Crippen molar-refractivity contribution in [3.63, 3.8) is 0 Å². The summed E-state index contributed by atoms with van der Waals surface area (Å²) in [6.07, 6.45) is 0.0843. The van der Waals surface area contributed by atoms with Crippen LogP contribution in [0, 0.1) is 5.82 Å². The highest BCUT2D eigenvalue weighted by atomic mass is 79.9. The highest BCUT2D eigenvalue weighted by molar-refractivity contribution is 9.10. The molecule has 0 aromatic heterocycles. The third-order valence-corrected chi connectivity index (χ3v) is 3.50. The molecule has 3 nitrogen and oxygen atoms in total. The Morgan fingerprint density at radius 3 is 2.94 bits per heavy atom. The van der Waals surface area contributed by atoms with Crippen molar-refractivity contribution in [1.82, 2.24) is 0 Å². The van der Waals surface area contributed by atoms with Crippen molar-refractivity contribution < 1.29 is 19.0 Å². The lowest BCUT2D eigenvalue weighted by Gasteiger charge is -2.28. The Morgan fingerprint density at radius 2 is 2.29 bits per heavy atom. The van der Waals surface area contributed by atoms with E-state index in [4.69, 9.17) is 9.47 Å². The third kappa shape index (κ3) is 2.61. The molecule has 2 unspecified atom stereocenters. The first-order chi connectivity index (χ1) is 8.13. The molecule has 0 amide bonds. The Morgan fingerprint density at radius 1 is 1.53 bits per heavy atom. The maximum Gasteiger partial charge on any atom is 0.141 e. The Balaban J connectivity index is 2.39. The largest absolute Gasteiger partial charge is 0.495 e. The van der Waals surface area contributed by atoms with Crippen LogP contribution in [0.3, 0.4) is 0 Å². The second kappa shape index (κ2) is 5.33. The third-order valence-electron chi connectivity index (χ3n) is 2.88. The zero-order valence-corrected chi connectivity index (χ0v) is 11.0. The number of hydrogen-bond donors (Lipinski definition) is 1. The summed E-state index contributed by atoms with van der Waals surface area (Å²) in [6.45, 7) is 0.431. The van der Waals surface area contributed by atoms with E-state index in [9.17, 15) is 9.50 Å². The average Bonchev–Trinajstić information content (AvgIpc) is 2.31. The molecule has 2 atom stereocenters. The molecule has 5 heteroatoms. The van der Waals surface area contributed by atoms with Crippen LogP contribution >= 0.6 is 15.9 Å². The number of rotatable bonds is 2. The number of halogens is 2. The summed E-state index contributed by atoms with van der Waals surface area (Å²) in [5.74, 6) is 0.0632. The molecule has 1 fully saturated rings. The van der Waals surface area contributed by atoms with E-state index < -0.39 is 12.2 Å². The first kappa shape index (κ1) is 12.8. The predicted molar refractivity (Wildman–Crippen MR) is 64.6 cm³/mol. The first-order valence-electron chi connectivity index (χ1n) is 5.45. The van der Waals surface area contributed by atoms with E-state index in [1.165, 1.54) is 13.2 Å². The molecule has 0 radical (unpaired) electrons. The Hall–Kier alpha value is -0.650. The Bertz CT molecular complexity index is 411. The van der Waals surface area contributed by atoms with Gasteiger partial charge in [0.05, 0.1) is 29.4 Å². The van der Waals surface area contributed by atoms with Crippen LogP contribution in [0.1, 0.15) is 24.5 Å². The molecule has 94 valence electrons. The van der Waals surface area contributed by atoms with E-state index in [1.54, 1.807) is 6.07 Å². The molecule has 2 rings (SSSR count). The molecule has 1 aliphatic heterocycles. The molecule has 0 spiro atoms. The van der Waals surface area contributed by atoms with Crippen molar-refractivity contribution in [3.8, 4) is 5.75 Å². The van der Waals surface area contributed by atoms with Gasteiger partial charge >= 0.3 is 0 Å². The van der Waals surface area contributed by atoms with Gasteiger partial charge in [0.25, 0.3) is 0 Å². The quantitative estimate of drug-likeness (QED) is 0.913. The van der Waals surface area contributed by atoms with Crippen molar-refractivity contribution in [2.75, 3.05) is 13.7 Å². The van der Waals surface area contributed by atoms with Gasteiger partial charge in [0, 0.05) is 13.0 Å². The second-order valence-corrected chi connectivity index (χ2v) is 4.87. The van der Waals surface area contributed by atoms with Crippen LogP contribution in [0.2, 0.25) is 0 Å². The van der Waals surface area contributed by atoms with Crippen LogP contribution < -0.4 is 4.74 Å². The van der Waals surface area contributed by atoms with E-state index in [0.29, 0.717) is 35.2 Å². The summed E-state index contributed by atoms with van der Waals surface area (Å²) in [4.78, 5) is 0. The zero-order chi connectivity index (χ0) is 12.4. The summed E-state index contributed by atoms with van der Waals surface area (Å²) in [7, 11) is 1.49. The molecule has 0 bridgehead atoms. The molecule has 1 aromatic rings. The van der Waals surface area contributed by atoms with Gasteiger partial charge in [-0.1, -0.05) is 0 Å². The molecule has 1 saturated heterocycles. The van der Waals surface area contributed by atoms with Crippen molar-refractivity contribution in [3.05, 3.63) is 28.0 Å². The second-order valence-electron chi connectivity index (χ2n) is 4.01. The SMILES string of the molecule is COc1c(Br)ccc(F)c1C1CC(O)CCO1. The Labute approximate surface area is 108 Å². The van der Waals surface area contributed by atoms with Gasteiger partial charge in [0.15, 0.2) is 0 Å². The lowest BCUT2D eigenvalue weighted by Crippen LogP contribution is -2.24. The fourth-order valence-electron chi connectivity index (χ4n) is 2.04.